The van der Waals surface area contributed by atoms with Crippen molar-refractivity contribution in [2.75, 3.05) is 18.5 Å². The van der Waals surface area contributed by atoms with Gasteiger partial charge < -0.3 is 14.8 Å². The van der Waals surface area contributed by atoms with Crippen LogP contribution in [0, 0.1) is 17.2 Å². The maximum atomic E-state index is 12.6. The van der Waals surface area contributed by atoms with E-state index in [1.807, 2.05) is 41.8 Å². The molecule has 0 radical (unpaired) electrons. The largest absolute Gasteiger partial charge is 0.489 e. The molecule has 1 N–H and O–H groups in total. The predicted octanol–water partition coefficient (Wildman–Crippen LogP) is 4.98. The zero-order valence-electron chi connectivity index (χ0n) is 17.5. The van der Waals surface area contributed by atoms with Gasteiger partial charge >= 0.3 is 0 Å². The lowest BCUT2D eigenvalue weighted by Crippen LogP contribution is -2.26. The van der Waals surface area contributed by atoms with Crippen molar-refractivity contribution in [2.24, 2.45) is 5.92 Å². The Bertz CT molecular complexity index is 1150. The molecule has 1 aromatic carbocycles. The quantitative estimate of drug-likeness (QED) is 0.578. The molecule has 5 rings (SSSR count). The van der Waals surface area contributed by atoms with Crippen LogP contribution in [-0.2, 0) is 9.53 Å². The van der Waals surface area contributed by atoms with Gasteiger partial charge in [-0.1, -0.05) is 12.1 Å². The highest BCUT2D eigenvalue weighted by atomic mass is 32.1. The van der Waals surface area contributed by atoms with Crippen molar-refractivity contribution in [2.45, 2.75) is 31.3 Å². The van der Waals surface area contributed by atoms with Crippen LogP contribution in [0.2, 0.25) is 0 Å². The lowest BCUT2D eigenvalue weighted by molar-refractivity contribution is -0.117. The van der Waals surface area contributed by atoms with E-state index in [1.165, 1.54) is 4.88 Å². The smallest absolute Gasteiger partial charge is 0.229 e. The molecule has 1 amide bonds. The second kappa shape index (κ2) is 9.11. The Morgan fingerprint density at radius 2 is 2.03 bits per heavy atom. The molecule has 3 aromatic rings. The SMILES string of the molecule is N#Cc1cc(-c2ccnc(NC(=O)C3C[C@@H]3c3cccs3)c2)ccc1OC1CCOCC1. The fraction of sp³-hybridized carbons (Fsp3) is 0.320. The summed E-state index contributed by atoms with van der Waals surface area (Å²) in [6.07, 6.45) is 4.28. The molecule has 3 heterocycles. The van der Waals surface area contributed by atoms with E-state index in [-0.39, 0.29) is 17.9 Å². The summed E-state index contributed by atoms with van der Waals surface area (Å²) in [6.45, 7) is 1.37. The van der Waals surface area contributed by atoms with Crippen LogP contribution in [0.1, 0.15) is 35.6 Å². The molecule has 0 spiro atoms. The van der Waals surface area contributed by atoms with E-state index in [1.54, 1.807) is 17.5 Å². The summed E-state index contributed by atoms with van der Waals surface area (Å²) in [4.78, 5) is 18.2. The molecule has 1 saturated heterocycles. The summed E-state index contributed by atoms with van der Waals surface area (Å²) in [5.41, 5.74) is 2.25. The van der Waals surface area contributed by atoms with Gasteiger partial charge in [0.25, 0.3) is 0 Å². The Morgan fingerprint density at radius 3 is 2.81 bits per heavy atom. The Balaban J connectivity index is 1.28. The van der Waals surface area contributed by atoms with Crippen molar-refractivity contribution >= 4 is 23.1 Å². The number of rotatable bonds is 6. The van der Waals surface area contributed by atoms with Gasteiger partial charge in [-0.25, -0.2) is 4.98 Å². The Kier molecular flexibility index (Phi) is 5.89. The van der Waals surface area contributed by atoms with E-state index >= 15 is 0 Å². The van der Waals surface area contributed by atoms with Crippen molar-refractivity contribution in [1.82, 2.24) is 4.98 Å². The minimum Gasteiger partial charge on any atom is -0.489 e. The number of nitrogens with one attached hydrogen (secondary N) is 1. The number of thiophene rings is 1. The summed E-state index contributed by atoms with van der Waals surface area (Å²) >= 11 is 1.70. The van der Waals surface area contributed by atoms with Crippen molar-refractivity contribution in [3.05, 3.63) is 64.5 Å². The van der Waals surface area contributed by atoms with Gasteiger partial charge in [0.05, 0.1) is 18.8 Å². The standard InChI is InChI=1S/C25H23N3O3S/c26-15-18-12-16(3-4-22(18)31-19-6-9-30-10-7-19)17-5-8-27-24(13-17)28-25(29)21-14-20(21)23-2-1-11-32-23/h1-5,8,11-13,19-21H,6-7,9-10,14H2,(H,27,28,29)/t20-,21?/m0/s1. The number of anilines is 1. The molecular formula is C25H23N3O3S. The monoisotopic (exact) mass is 445 g/mol. The Labute approximate surface area is 190 Å². The van der Waals surface area contributed by atoms with Gasteiger partial charge in [-0.3, -0.25) is 4.79 Å². The number of carbonyl (C=O) groups is 1. The number of benzene rings is 1. The van der Waals surface area contributed by atoms with Crippen LogP contribution in [0.25, 0.3) is 11.1 Å². The predicted molar refractivity (Wildman–Crippen MR) is 123 cm³/mol. The van der Waals surface area contributed by atoms with Gasteiger partial charge in [-0.05, 0) is 53.3 Å². The van der Waals surface area contributed by atoms with Gasteiger partial charge in [0.15, 0.2) is 0 Å². The molecule has 1 saturated carbocycles. The van der Waals surface area contributed by atoms with E-state index in [4.69, 9.17) is 9.47 Å². The van der Waals surface area contributed by atoms with Gasteiger partial charge in [-0.15, -0.1) is 11.3 Å². The first-order valence-corrected chi connectivity index (χ1v) is 11.7. The lowest BCUT2D eigenvalue weighted by Gasteiger charge is -2.23. The second-order valence-corrected chi connectivity index (χ2v) is 9.11. The van der Waals surface area contributed by atoms with Crippen LogP contribution < -0.4 is 10.1 Å². The third-order valence-corrected chi connectivity index (χ3v) is 6.95. The first-order chi connectivity index (χ1) is 15.7. The van der Waals surface area contributed by atoms with Crippen molar-refractivity contribution in [3.63, 3.8) is 0 Å². The second-order valence-electron chi connectivity index (χ2n) is 8.14. The molecule has 1 unspecified atom stereocenters. The summed E-state index contributed by atoms with van der Waals surface area (Å²) in [5, 5.41) is 14.6. The molecule has 162 valence electrons. The minimum absolute atomic E-state index is 0.00548. The minimum atomic E-state index is 0.00548. The van der Waals surface area contributed by atoms with Crippen LogP contribution in [0.5, 0.6) is 5.75 Å². The summed E-state index contributed by atoms with van der Waals surface area (Å²) in [6, 6.07) is 15.7. The number of hydrogen-bond donors (Lipinski definition) is 1. The highest BCUT2D eigenvalue weighted by Crippen LogP contribution is 2.49. The molecule has 7 heteroatoms. The number of amides is 1. The average molecular weight is 446 g/mol. The van der Waals surface area contributed by atoms with Crippen LogP contribution in [0.4, 0.5) is 5.82 Å². The van der Waals surface area contributed by atoms with Gasteiger partial charge in [0.1, 0.15) is 23.7 Å². The fourth-order valence-electron chi connectivity index (χ4n) is 4.07. The number of hydrogen-bond acceptors (Lipinski definition) is 6. The third kappa shape index (κ3) is 4.52. The van der Waals surface area contributed by atoms with Crippen LogP contribution in [-0.4, -0.2) is 30.2 Å². The summed E-state index contributed by atoms with van der Waals surface area (Å²) < 4.78 is 11.4. The van der Waals surface area contributed by atoms with Gasteiger partial charge in [0, 0.05) is 35.8 Å². The van der Waals surface area contributed by atoms with Crippen LogP contribution >= 0.6 is 11.3 Å². The van der Waals surface area contributed by atoms with Crippen LogP contribution in [0.15, 0.2) is 54.0 Å². The van der Waals surface area contributed by atoms with E-state index in [0.29, 0.717) is 36.3 Å². The van der Waals surface area contributed by atoms with Crippen LogP contribution in [0.3, 0.4) is 0 Å². The fourth-order valence-corrected chi connectivity index (χ4v) is 4.98. The maximum Gasteiger partial charge on any atom is 0.229 e. The van der Waals surface area contributed by atoms with Crippen molar-refractivity contribution in [1.29, 1.82) is 5.26 Å². The molecule has 1 aliphatic carbocycles. The topological polar surface area (TPSA) is 84.2 Å². The molecular weight excluding hydrogens is 422 g/mol. The van der Waals surface area contributed by atoms with Gasteiger partial charge in [-0.2, -0.15) is 5.26 Å². The molecule has 1 aliphatic heterocycles. The Morgan fingerprint density at radius 1 is 1.19 bits per heavy atom. The third-order valence-electron chi connectivity index (χ3n) is 5.94. The number of ether oxygens (including phenoxy) is 2. The highest BCUT2D eigenvalue weighted by Gasteiger charge is 2.44. The molecule has 32 heavy (non-hydrogen) atoms. The normalized spacial score (nSPS) is 20.3. The Hall–Kier alpha value is -3.21. The number of nitriles is 1. The van der Waals surface area contributed by atoms with Crippen molar-refractivity contribution in [3.8, 4) is 22.9 Å². The highest BCUT2D eigenvalue weighted by molar-refractivity contribution is 7.10. The van der Waals surface area contributed by atoms with Crippen molar-refractivity contribution < 1.29 is 14.3 Å². The molecule has 2 fully saturated rings. The van der Waals surface area contributed by atoms with E-state index < -0.39 is 0 Å². The molecule has 2 aliphatic rings. The van der Waals surface area contributed by atoms with E-state index in [0.717, 1.165) is 30.4 Å². The molecule has 6 nitrogen and oxygen atoms in total. The first-order valence-electron chi connectivity index (χ1n) is 10.8. The molecule has 0 bridgehead atoms. The number of carbonyl (C=O) groups excluding carboxylic acids is 1. The zero-order chi connectivity index (χ0) is 21.9. The average Bonchev–Trinajstić information content (AvgIpc) is 3.45. The lowest BCUT2D eigenvalue weighted by atomic mass is 10.0. The summed E-state index contributed by atoms with van der Waals surface area (Å²) in [5.74, 6) is 1.45. The van der Waals surface area contributed by atoms with E-state index in [9.17, 15) is 10.1 Å². The first kappa shape index (κ1) is 20.7. The summed E-state index contributed by atoms with van der Waals surface area (Å²) in [7, 11) is 0. The number of nitrogens with zero attached hydrogens (tertiary/aromatic N) is 2. The molecule has 2 aromatic heterocycles. The maximum absolute atomic E-state index is 12.6. The number of pyridine rings is 1. The number of aromatic nitrogens is 1. The van der Waals surface area contributed by atoms with Gasteiger partial charge in [0.2, 0.25) is 5.91 Å². The molecule has 2 atom stereocenters. The zero-order valence-corrected chi connectivity index (χ0v) is 18.3. The van der Waals surface area contributed by atoms with E-state index in [2.05, 4.69) is 22.4 Å².